The first-order valence-corrected chi connectivity index (χ1v) is 11.7. The minimum atomic E-state index is -0.0960. The molecule has 1 amide bonds. The zero-order chi connectivity index (χ0) is 24.2. The lowest BCUT2D eigenvalue weighted by molar-refractivity contribution is -0.0980. The number of hydrogen-bond acceptors (Lipinski definition) is 4. The van der Waals surface area contributed by atoms with Crippen LogP contribution in [0.25, 0.3) is 10.9 Å². The zero-order valence-electron chi connectivity index (χ0n) is 19.8. The van der Waals surface area contributed by atoms with Gasteiger partial charge in [0.2, 0.25) is 0 Å². The number of carbonyl (C=O) groups excluding carboxylic acids is 2. The topological polar surface area (TPSA) is 77.2 Å². The molecule has 3 aromatic rings. The van der Waals surface area contributed by atoms with Crippen LogP contribution in [0.2, 0.25) is 5.02 Å². The highest BCUT2D eigenvalue weighted by atomic mass is 35.5. The minimum absolute atomic E-state index is 0.0121. The van der Waals surface area contributed by atoms with Crippen LogP contribution in [-0.4, -0.2) is 55.8 Å². The van der Waals surface area contributed by atoms with Gasteiger partial charge in [-0.1, -0.05) is 54.8 Å². The molecule has 178 valence electrons. The number of halogens is 1. The summed E-state index contributed by atoms with van der Waals surface area (Å²) in [4.78, 5) is 26.1. The van der Waals surface area contributed by atoms with E-state index in [9.17, 15) is 4.79 Å². The Morgan fingerprint density at radius 2 is 1.79 bits per heavy atom. The van der Waals surface area contributed by atoms with Gasteiger partial charge in [0, 0.05) is 42.1 Å². The largest absolute Gasteiger partial charge is 0.351 e. The highest BCUT2D eigenvalue weighted by Gasteiger charge is 2.16. The molecule has 1 aliphatic heterocycles. The Morgan fingerprint density at radius 1 is 1.12 bits per heavy atom. The number of H-pyrrole nitrogens is 1. The van der Waals surface area contributed by atoms with E-state index in [-0.39, 0.29) is 11.9 Å². The lowest BCUT2D eigenvalue weighted by Gasteiger charge is -2.21. The molecule has 1 aromatic heterocycles. The van der Waals surface area contributed by atoms with Gasteiger partial charge >= 0.3 is 0 Å². The summed E-state index contributed by atoms with van der Waals surface area (Å²) in [7, 11) is 2.15. The van der Waals surface area contributed by atoms with Crippen LogP contribution in [0.15, 0.2) is 48.5 Å². The first-order chi connectivity index (χ1) is 16.0. The molecule has 1 unspecified atom stereocenters. The van der Waals surface area contributed by atoms with Crippen LogP contribution in [0.1, 0.15) is 47.4 Å². The highest BCUT2D eigenvalue weighted by Crippen LogP contribution is 2.22. The molecule has 1 aliphatic rings. The molecule has 4 rings (SSSR count). The number of amides is 1. The van der Waals surface area contributed by atoms with Gasteiger partial charge in [0.15, 0.2) is 0 Å². The summed E-state index contributed by atoms with van der Waals surface area (Å²) >= 11 is 6.01. The summed E-state index contributed by atoms with van der Waals surface area (Å²) in [5.41, 5.74) is 3.81. The van der Waals surface area contributed by atoms with Gasteiger partial charge in [0.05, 0.1) is 6.04 Å². The van der Waals surface area contributed by atoms with Crippen molar-refractivity contribution in [2.75, 3.05) is 33.2 Å². The Hall–Kier alpha value is -2.67. The number of nitrogens with zero attached hydrogens (tertiary/aromatic N) is 1. The third-order valence-corrected chi connectivity index (χ3v) is 5.77. The molecule has 0 bridgehead atoms. The van der Waals surface area contributed by atoms with Crippen LogP contribution in [-0.2, 0) is 4.79 Å². The molecule has 2 aromatic carbocycles. The summed E-state index contributed by atoms with van der Waals surface area (Å²) < 4.78 is 0. The lowest BCUT2D eigenvalue weighted by Crippen LogP contribution is -2.40. The van der Waals surface area contributed by atoms with E-state index in [2.05, 4.69) is 65.7 Å². The van der Waals surface area contributed by atoms with Crippen molar-refractivity contribution in [3.8, 4) is 0 Å². The van der Waals surface area contributed by atoms with Crippen molar-refractivity contribution >= 4 is 35.2 Å². The molecular weight excluding hydrogens is 436 g/mol. The van der Waals surface area contributed by atoms with E-state index in [1.54, 1.807) is 0 Å². The fourth-order valence-electron chi connectivity index (χ4n) is 3.65. The quantitative estimate of drug-likeness (QED) is 0.503. The summed E-state index contributed by atoms with van der Waals surface area (Å²) in [6, 6.07) is 15.7. The molecular formula is C26H35ClN4O2. The van der Waals surface area contributed by atoms with Crippen molar-refractivity contribution in [3.05, 3.63) is 70.4 Å². The van der Waals surface area contributed by atoms with E-state index < -0.39 is 0 Å². The van der Waals surface area contributed by atoms with Crippen LogP contribution >= 0.6 is 11.6 Å². The molecule has 0 saturated carbocycles. The molecule has 33 heavy (non-hydrogen) atoms. The van der Waals surface area contributed by atoms with Gasteiger partial charge in [-0.3, -0.25) is 4.79 Å². The minimum Gasteiger partial charge on any atom is -0.351 e. The SMILES string of the molecule is C=O.CCCC(NC(=O)c1cc2cc(Cl)ccc2[nH]1)c1ccc(C)cc1.CN1CCNCC1. The average Bonchev–Trinajstić information content (AvgIpc) is 3.25. The second kappa shape index (κ2) is 13.8. The molecule has 2 heterocycles. The van der Waals surface area contributed by atoms with Crippen molar-refractivity contribution in [2.45, 2.75) is 32.7 Å². The molecule has 1 saturated heterocycles. The maximum absolute atomic E-state index is 12.6. The number of piperazine rings is 1. The first kappa shape index (κ1) is 26.6. The van der Waals surface area contributed by atoms with Crippen molar-refractivity contribution in [2.24, 2.45) is 0 Å². The van der Waals surface area contributed by atoms with Crippen LogP contribution < -0.4 is 10.6 Å². The predicted molar refractivity (Wildman–Crippen MR) is 137 cm³/mol. The van der Waals surface area contributed by atoms with Crippen LogP contribution in [0.5, 0.6) is 0 Å². The summed E-state index contributed by atoms with van der Waals surface area (Å²) in [6.45, 7) is 10.9. The predicted octanol–water partition coefficient (Wildman–Crippen LogP) is 4.74. The van der Waals surface area contributed by atoms with Gasteiger partial charge in [-0.25, -0.2) is 0 Å². The molecule has 6 nitrogen and oxygen atoms in total. The fourth-order valence-corrected chi connectivity index (χ4v) is 3.83. The molecule has 7 heteroatoms. The van der Waals surface area contributed by atoms with Crippen molar-refractivity contribution in [1.29, 1.82) is 0 Å². The average molecular weight is 471 g/mol. The third-order valence-electron chi connectivity index (χ3n) is 5.53. The van der Waals surface area contributed by atoms with Gasteiger partial charge < -0.3 is 25.3 Å². The molecule has 0 radical (unpaired) electrons. The second-order valence-corrected chi connectivity index (χ2v) is 8.63. The number of likely N-dealkylation sites (N-methyl/N-ethyl adjacent to an activating group) is 1. The van der Waals surface area contributed by atoms with Crippen LogP contribution in [0.3, 0.4) is 0 Å². The molecule has 3 N–H and O–H groups in total. The van der Waals surface area contributed by atoms with Crippen LogP contribution in [0, 0.1) is 6.92 Å². The van der Waals surface area contributed by atoms with Crippen LogP contribution in [0.4, 0.5) is 0 Å². The van der Waals surface area contributed by atoms with E-state index in [4.69, 9.17) is 16.4 Å². The normalized spacial score (nSPS) is 14.4. The van der Waals surface area contributed by atoms with Gasteiger partial charge in [-0.2, -0.15) is 0 Å². The lowest BCUT2D eigenvalue weighted by atomic mass is 10.0. The first-order valence-electron chi connectivity index (χ1n) is 11.3. The Bertz CT molecular complexity index is 997. The van der Waals surface area contributed by atoms with Gasteiger partial charge in [0.1, 0.15) is 12.5 Å². The fraction of sp³-hybridized carbons (Fsp3) is 0.385. The van der Waals surface area contributed by atoms with E-state index in [1.165, 1.54) is 18.7 Å². The Balaban J connectivity index is 0.000000362. The number of benzene rings is 2. The van der Waals surface area contributed by atoms with Crippen molar-refractivity contribution in [3.63, 3.8) is 0 Å². The Labute approximate surface area is 201 Å². The second-order valence-electron chi connectivity index (χ2n) is 8.19. The van der Waals surface area contributed by atoms with Gasteiger partial charge in [-0.15, -0.1) is 0 Å². The molecule has 1 fully saturated rings. The number of aromatic amines is 1. The number of aryl methyl sites for hydroxylation is 1. The summed E-state index contributed by atoms with van der Waals surface area (Å²) in [5, 5.41) is 8.02. The molecule has 1 atom stereocenters. The third kappa shape index (κ3) is 8.31. The van der Waals surface area contributed by atoms with Crippen molar-refractivity contribution in [1.82, 2.24) is 20.5 Å². The maximum Gasteiger partial charge on any atom is 0.268 e. The number of fused-ring (bicyclic) bond motifs is 1. The number of nitrogens with one attached hydrogen (secondary N) is 3. The summed E-state index contributed by atoms with van der Waals surface area (Å²) in [5.74, 6) is -0.0960. The zero-order valence-corrected chi connectivity index (χ0v) is 20.5. The monoisotopic (exact) mass is 470 g/mol. The smallest absolute Gasteiger partial charge is 0.268 e. The Morgan fingerprint density at radius 3 is 2.36 bits per heavy atom. The molecule has 0 aliphatic carbocycles. The van der Waals surface area contributed by atoms with Gasteiger partial charge in [-0.05, 0) is 50.2 Å². The van der Waals surface area contributed by atoms with Gasteiger partial charge in [0.25, 0.3) is 5.91 Å². The van der Waals surface area contributed by atoms with E-state index in [1.807, 2.05) is 31.1 Å². The van der Waals surface area contributed by atoms with E-state index in [0.717, 1.165) is 42.4 Å². The number of hydrogen-bond donors (Lipinski definition) is 3. The van der Waals surface area contributed by atoms with E-state index >= 15 is 0 Å². The van der Waals surface area contributed by atoms with E-state index in [0.29, 0.717) is 10.7 Å². The summed E-state index contributed by atoms with van der Waals surface area (Å²) in [6.07, 6.45) is 1.90. The number of aromatic nitrogens is 1. The Kier molecular flexibility index (Phi) is 11.1. The number of rotatable bonds is 5. The standard InChI is InChI=1S/C20H21ClN2O.C5H12N2.CH2O/c1-3-4-17(14-7-5-13(2)6-8-14)23-20(24)19-12-15-11-16(21)9-10-18(15)22-19;1-7-4-2-6-3-5-7;1-2/h5-12,17,22H,3-4H2,1-2H3,(H,23,24);6H,2-5H2,1H3;1H2. The van der Waals surface area contributed by atoms with Crippen molar-refractivity contribution < 1.29 is 9.59 Å². The molecule has 0 spiro atoms. The maximum atomic E-state index is 12.6. The number of carbonyl (C=O) groups is 2. The highest BCUT2D eigenvalue weighted by molar-refractivity contribution is 6.31.